The fourth-order valence-electron chi connectivity index (χ4n) is 1.16. The van der Waals surface area contributed by atoms with Crippen molar-refractivity contribution < 1.29 is 14.6 Å². The Kier molecular flexibility index (Phi) is 8.33. The topological polar surface area (TPSA) is 58.6 Å². The maximum atomic E-state index is 11.4. The van der Waals surface area contributed by atoms with E-state index >= 15 is 0 Å². The summed E-state index contributed by atoms with van der Waals surface area (Å²) in [7, 11) is 0. The molecule has 0 heterocycles. The number of aliphatic hydroxyl groups is 1. The van der Waals surface area contributed by atoms with Crippen LogP contribution in [0.5, 0.6) is 0 Å². The van der Waals surface area contributed by atoms with E-state index in [0.29, 0.717) is 32.0 Å². The molecule has 0 aromatic carbocycles. The number of ether oxygens (including phenoxy) is 1. The van der Waals surface area contributed by atoms with Crippen LogP contribution in [0.4, 0.5) is 0 Å². The lowest BCUT2D eigenvalue weighted by molar-refractivity contribution is -0.122. The summed E-state index contributed by atoms with van der Waals surface area (Å²) in [6.07, 6.45) is 0.900. The zero-order chi connectivity index (χ0) is 11.7. The number of carbonyl (C=O) groups is 1. The average Bonchev–Trinajstić information content (AvgIpc) is 2.20. The molecule has 0 bridgehead atoms. The molecule has 15 heavy (non-hydrogen) atoms. The summed E-state index contributed by atoms with van der Waals surface area (Å²) in [4.78, 5) is 11.4. The molecule has 2 N–H and O–H groups in total. The summed E-state index contributed by atoms with van der Waals surface area (Å²) in [6.45, 7) is 7.32. The van der Waals surface area contributed by atoms with Crippen LogP contribution < -0.4 is 5.32 Å². The molecule has 0 aromatic rings. The van der Waals surface area contributed by atoms with E-state index in [0.717, 1.165) is 0 Å². The Morgan fingerprint density at radius 2 is 2.13 bits per heavy atom. The third-order valence-electron chi connectivity index (χ3n) is 2.21. The van der Waals surface area contributed by atoms with E-state index in [2.05, 4.69) is 19.2 Å². The molecular weight excluding hydrogens is 194 g/mol. The van der Waals surface area contributed by atoms with Gasteiger partial charge < -0.3 is 15.2 Å². The fraction of sp³-hybridized carbons (Fsp3) is 0.909. The Morgan fingerprint density at radius 1 is 1.47 bits per heavy atom. The van der Waals surface area contributed by atoms with Crippen molar-refractivity contribution in [3.8, 4) is 0 Å². The van der Waals surface area contributed by atoms with Gasteiger partial charge >= 0.3 is 0 Å². The van der Waals surface area contributed by atoms with Gasteiger partial charge in [0.2, 0.25) is 5.91 Å². The normalized spacial score (nSPS) is 12.9. The zero-order valence-electron chi connectivity index (χ0n) is 9.95. The van der Waals surface area contributed by atoms with Gasteiger partial charge in [-0.1, -0.05) is 13.8 Å². The van der Waals surface area contributed by atoms with Crippen LogP contribution in [0, 0.1) is 5.92 Å². The molecule has 0 aromatic heterocycles. The first-order valence-electron chi connectivity index (χ1n) is 5.59. The number of rotatable bonds is 8. The minimum Gasteiger partial charge on any atom is -0.396 e. The van der Waals surface area contributed by atoms with E-state index in [1.807, 2.05) is 6.92 Å². The lowest BCUT2D eigenvalue weighted by atomic mass is 10.1. The lowest BCUT2D eigenvalue weighted by Gasteiger charge is -2.22. The van der Waals surface area contributed by atoms with Crippen LogP contribution in [0.2, 0.25) is 0 Å². The van der Waals surface area contributed by atoms with Gasteiger partial charge in [0, 0.05) is 19.6 Å². The van der Waals surface area contributed by atoms with Crippen LogP contribution in [-0.4, -0.2) is 36.9 Å². The molecule has 0 saturated carbocycles. The predicted molar refractivity (Wildman–Crippen MR) is 59.6 cm³/mol. The number of aliphatic hydroxyl groups excluding tert-OH is 1. The maximum Gasteiger partial charge on any atom is 0.220 e. The largest absolute Gasteiger partial charge is 0.396 e. The van der Waals surface area contributed by atoms with Gasteiger partial charge in [-0.3, -0.25) is 4.79 Å². The Morgan fingerprint density at radius 3 is 2.60 bits per heavy atom. The first-order chi connectivity index (χ1) is 7.11. The Hall–Kier alpha value is -0.610. The van der Waals surface area contributed by atoms with Crippen LogP contribution in [0.25, 0.3) is 0 Å². The first kappa shape index (κ1) is 14.4. The standard InChI is InChI=1S/C11H23NO3/c1-4-15-8-10(9(2)3)12-11(14)6-5-7-13/h9-10,13H,4-8H2,1-3H3,(H,12,14). The van der Waals surface area contributed by atoms with Crippen molar-refractivity contribution >= 4 is 5.91 Å². The summed E-state index contributed by atoms with van der Waals surface area (Å²) in [5.41, 5.74) is 0. The highest BCUT2D eigenvalue weighted by molar-refractivity contribution is 5.76. The van der Waals surface area contributed by atoms with Gasteiger partial charge in [-0.25, -0.2) is 0 Å². The molecule has 0 fully saturated rings. The third kappa shape index (κ3) is 7.33. The second-order valence-corrected chi connectivity index (χ2v) is 3.90. The molecule has 0 spiro atoms. The SMILES string of the molecule is CCOCC(NC(=O)CCCO)C(C)C. The molecule has 0 aliphatic carbocycles. The van der Waals surface area contributed by atoms with E-state index in [1.165, 1.54) is 0 Å². The van der Waals surface area contributed by atoms with Gasteiger partial charge in [-0.2, -0.15) is 0 Å². The highest BCUT2D eigenvalue weighted by Crippen LogP contribution is 2.03. The van der Waals surface area contributed by atoms with E-state index in [1.54, 1.807) is 0 Å². The molecule has 1 atom stereocenters. The zero-order valence-corrected chi connectivity index (χ0v) is 9.95. The Labute approximate surface area is 92.0 Å². The highest BCUT2D eigenvalue weighted by Gasteiger charge is 2.15. The van der Waals surface area contributed by atoms with Crippen molar-refractivity contribution in [2.45, 2.75) is 39.7 Å². The summed E-state index contributed by atoms with van der Waals surface area (Å²) in [5.74, 6) is 0.345. The van der Waals surface area contributed by atoms with Gasteiger partial charge in [0.05, 0.1) is 12.6 Å². The van der Waals surface area contributed by atoms with E-state index in [-0.39, 0.29) is 18.6 Å². The number of amides is 1. The average molecular weight is 217 g/mol. The Balaban J connectivity index is 3.87. The molecule has 4 heteroatoms. The van der Waals surface area contributed by atoms with Gasteiger partial charge in [0.1, 0.15) is 0 Å². The molecule has 1 amide bonds. The van der Waals surface area contributed by atoms with Crippen molar-refractivity contribution in [3.63, 3.8) is 0 Å². The van der Waals surface area contributed by atoms with Crippen molar-refractivity contribution in [2.75, 3.05) is 19.8 Å². The quantitative estimate of drug-likeness (QED) is 0.636. The van der Waals surface area contributed by atoms with Gasteiger partial charge in [-0.15, -0.1) is 0 Å². The van der Waals surface area contributed by atoms with E-state index < -0.39 is 0 Å². The van der Waals surface area contributed by atoms with Crippen molar-refractivity contribution in [1.82, 2.24) is 5.32 Å². The van der Waals surface area contributed by atoms with E-state index in [4.69, 9.17) is 9.84 Å². The number of nitrogens with one attached hydrogen (secondary N) is 1. The Bertz CT molecular complexity index is 171. The molecule has 0 saturated heterocycles. The van der Waals surface area contributed by atoms with Crippen molar-refractivity contribution in [1.29, 1.82) is 0 Å². The smallest absolute Gasteiger partial charge is 0.220 e. The van der Waals surface area contributed by atoms with Gasteiger partial charge in [0.15, 0.2) is 0 Å². The minimum atomic E-state index is -0.0116. The monoisotopic (exact) mass is 217 g/mol. The molecular formula is C11H23NO3. The molecule has 0 radical (unpaired) electrons. The molecule has 0 rings (SSSR count). The van der Waals surface area contributed by atoms with Gasteiger partial charge in [0.25, 0.3) is 0 Å². The van der Waals surface area contributed by atoms with Crippen LogP contribution in [0.1, 0.15) is 33.6 Å². The van der Waals surface area contributed by atoms with Crippen LogP contribution >= 0.6 is 0 Å². The van der Waals surface area contributed by atoms with Crippen molar-refractivity contribution in [3.05, 3.63) is 0 Å². The third-order valence-corrected chi connectivity index (χ3v) is 2.21. The molecule has 90 valence electrons. The highest BCUT2D eigenvalue weighted by atomic mass is 16.5. The van der Waals surface area contributed by atoms with Crippen LogP contribution in [0.15, 0.2) is 0 Å². The second kappa shape index (κ2) is 8.68. The lowest BCUT2D eigenvalue weighted by Crippen LogP contribution is -2.41. The van der Waals surface area contributed by atoms with Crippen molar-refractivity contribution in [2.24, 2.45) is 5.92 Å². The number of hydrogen-bond donors (Lipinski definition) is 2. The molecule has 0 aliphatic rings. The predicted octanol–water partition coefficient (Wildman–Crippen LogP) is 0.936. The molecule has 4 nitrogen and oxygen atoms in total. The van der Waals surface area contributed by atoms with Gasteiger partial charge in [-0.05, 0) is 19.3 Å². The molecule has 1 unspecified atom stereocenters. The molecule has 0 aliphatic heterocycles. The second-order valence-electron chi connectivity index (χ2n) is 3.90. The summed E-state index contributed by atoms with van der Waals surface area (Å²) >= 11 is 0. The number of hydrogen-bond acceptors (Lipinski definition) is 3. The summed E-state index contributed by atoms with van der Waals surface area (Å²) < 4.78 is 5.30. The minimum absolute atomic E-state index is 0.0116. The maximum absolute atomic E-state index is 11.4. The van der Waals surface area contributed by atoms with Crippen LogP contribution in [-0.2, 0) is 9.53 Å². The first-order valence-corrected chi connectivity index (χ1v) is 5.59. The summed E-state index contributed by atoms with van der Waals surface area (Å²) in [6, 6.07) is 0.0659. The fourth-order valence-corrected chi connectivity index (χ4v) is 1.16. The number of carbonyl (C=O) groups excluding carboxylic acids is 1. The van der Waals surface area contributed by atoms with E-state index in [9.17, 15) is 4.79 Å². The summed E-state index contributed by atoms with van der Waals surface area (Å²) in [5, 5.41) is 11.5. The van der Waals surface area contributed by atoms with Crippen LogP contribution in [0.3, 0.4) is 0 Å².